The van der Waals surface area contributed by atoms with Gasteiger partial charge < -0.3 is 0 Å². The van der Waals surface area contributed by atoms with Gasteiger partial charge in [-0.3, -0.25) is 4.79 Å². The van der Waals surface area contributed by atoms with Gasteiger partial charge >= 0.3 is 0 Å². The Morgan fingerprint density at radius 2 is 1.58 bits per heavy atom. The topological polar surface area (TPSA) is 56.1 Å². The first-order valence-electron chi connectivity index (χ1n) is 11.2. The van der Waals surface area contributed by atoms with Gasteiger partial charge in [0, 0.05) is 22.7 Å². The van der Waals surface area contributed by atoms with Crippen molar-refractivity contribution in [3.05, 3.63) is 108 Å². The van der Waals surface area contributed by atoms with E-state index in [9.17, 15) is 13.2 Å². The molecule has 0 aliphatic heterocycles. The number of hydrogen-bond donors (Lipinski definition) is 0. The molecular weight excluding hydrogens is 430 g/mol. The number of nitrogens with zero attached hydrogens (tertiary/aromatic N) is 1. The Kier molecular flexibility index (Phi) is 6.90. The molecule has 4 rings (SSSR count). The summed E-state index contributed by atoms with van der Waals surface area (Å²) in [4.78, 5) is 12.7. The van der Waals surface area contributed by atoms with E-state index in [1.165, 1.54) is 16.5 Å². The molecule has 5 heteroatoms. The van der Waals surface area contributed by atoms with Crippen LogP contribution in [-0.2, 0) is 16.4 Å². The molecule has 168 valence electrons. The summed E-state index contributed by atoms with van der Waals surface area (Å²) in [6.07, 6.45) is 9.12. The Bertz CT molecular complexity index is 1380. The van der Waals surface area contributed by atoms with E-state index in [4.69, 9.17) is 0 Å². The number of unbranched alkanes of at least 4 members (excludes halogenated alkanes) is 2. The number of rotatable bonds is 9. The first-order valence-corrected chi connectivity index (χ1v) is 12.7. The Morgan fingerprint density at radius 1 is 0.879 bits per heavy atom. The van der Waals surface area contributed by atoms with Crippen molar-refractivity contribution < 1.29 is 13.2 Å². The summed E-state index contributed by atoms with van der Waals surface area (Å²) in [7, 11) is -3.78. The average molecular weight is 458 g/mol. The van der Waals surface area contributed by atoms with Gasteiger partial charge in [0.1, 0.15) is 0 Å². The smallest absolute Gasteiger partial charge is 0.268 e. The average Bonchev–Trinajstić information content (AvgIpc) is 3.23. The molecule has 0 aliphatic rings. The number of hydrogen-bond acceptors (Lipinski definition) is 3. The summed E-state index contributed by atoms with van der Waals surface area (Å²) >= 11 is 0. The molecule has 0 unspecified atom stereocenters. The summed E-state index contributed by atoms with van der Waals surface area (Å²) in [6, 6.07) is 23.5. The highest BCUT2D eigenvalue weighted by Gasteiger charge is 2.20. The number of fused-ring (bicyclic) bond motifs is 1. The van der Waals surface area contributed by atoms with Crippen LogP contribution in [0.2, 0.25) is 0 Å². The van der Waals surface area contributed by atoms with Gasteiger partial charge in [-0.25, -0.2) is 12.4 Å². The fourth-order valence-corrected chi connectivity index (χ4v) is 5.27. The van der Waals surface area contributed by atoms with Gasteiger partial charge in [-0.2, -0.15) is 0 Å². The molecule has 0 aliphatic carbocycles. The first-order chi connectivity index (χ1) is 16.0. The fourth-order valence-electron chi connectivity index (χ4n) is 3.89. The van der Waals surface area contributed by atoms with Crippen LogP contribution in [0.5, 0.6) is 0 Å². The first kappa shape index (κ1) is 22.7. The predicted octanol–water partition coefficient (Wildman–Crippen LogP) is 6.51. The molecule has 0 spiro atoms. The summed E-state index contributed by atoms with van der Waals surface area (Å²) in [6.45, 7) is 2.16. The lowest BCUT2D eigenvalue weighted by molar-refractivity contribution is 0.104. The minimum Gasteiger partial charge on any atom is -0.289 e. The third-order valence-electron chi connectivity index (χ3n) is 5.73. The number of aromatic nitrogens is 1. The minimum atomic E-state index is -3.78. The molecule has 0 atom stereocenters. The van der Waals surface area contributed by atoms with Gasteiger partial charge in [0.15, 0.2) is 5.78 Å². The van der Waals surface area contributed by atoms with Gasteiger partial charge in [0.25, 0.3) is 10.0 Å². The fraction of sp³-hybridized carbons (Fsp3) is 0.179. The molecule has 33 heavy (non-hydrogen) atoms. The van der Waals surface area contributed by atoms with Crippen LogP contribution in [-0.4, -0.2) is 18.2 Å². The maximum Gasteiger partial charge on any atom is 0.268 e. The van der Waals surface area contributed by atoms with E-state index >= 15 is 0 Å². The van der Waals surface area contributed by atoms with Crippen molar-refractivity contribution in [1.82, 2.24) is 3.97 Å². The van der Waals surface area contributed by atoms with Gasteiger partial charge in [0.2, 0.25) is 0 Å². The zero-order valence-corrected chi connectivity index (χ0v) is 19.5. The molecule has 4 nitrogen and oxygen atoms in total. The van der Waals surface area contributed by atoms with Crippen LogP contribution >= 0.6 is 0 Å². The van der Waals surface area contributed by atoms with Crippen LogP contribution in [0.15, 0.2) is 96.0 Å². The summed E-state index contributed by atoms with van der Waals surface area (Å²) in [5, 5.41) is 0.773. The Balaban J connectivity index is 1.67. The molecule has 0 bridgehead atoms. The Labute approximate surface area is 195 Å². The number of benzene rings is 3. The van der Waals surface area contributed by atoms with Crippen LogP contribution in [0.25, 0.3) is 17.0 Å². The highest BCUT2D eigenvalue weighted by Crippen LogP contribution is 2.27. The van der Waals surface area contributed by atoms with E-state index in [2.05, 4.69) is 6.92 Å². The number of para-hydroxylation sites is 1. The Hall–Kier alpha value is -3.44. The van der Waals surface area contributed by atoms with Crippen LogP contribution < -0.4 is 0 Å². The molecule has 0 amide bonds. The quantitative estimate of drug-likeness (QED) is 0.164. The SMILES string of the molecule is CCCCCc1ccc(S(=O)(=O)n2cc(/C=C/C(=O)c3ccccc3)c3ccccc32)cc1. The van der Waals surface area contributed by atoms with E-state index in [1.807, 2.05) is 48.5 Å². The zero-order chi connectivity index (χ0) is 23.3. The van der Waals surface area contributed by atoms with Crippen molar-refractivity contribution in [3.8, 4) is 0 Å². The maximum atomic E-state index is 13.5. The van der Waals surface area contributed by atoms with Crippen LogP contribution in [0.4, 0.5) is 0 Å². The Morgan fingerprint density at radius 3 is 2.30 bits per heavy atom. The predicted molar refractivity (Wildman–Crippen MR) is 134 cm³/mol. The van der Waals surface area contributed by atoms with Gasteiger partial charge in [0.05, 0.1) is 10.4 Å². The van der Waals surface area contributed by atoms with Gasteiger partial charge in [-0.15, -0.1) is 0 Å². The van der Waals surface area contributed by atoms with Crippen LogP contribution in [0, 0.1) is 0 Å². The largest absolute Gasteiger partial charge is 0.289 e. The molecule has 0 N–H and O–H groups in total. The van der Waals surface area contributed by atoms with Crippen LogP contribution in [0.1, 0.15) is 47.7 Å². The molecule has 0 fully saturated rings. The maximum absolute atomic E-state index is 13.5. The van der Waals surface area contributed by atoms with Crippen molar-refractivity contribution >= 4 is 32.8 Å². The molecule has 0 radical (unpaired) electrons. The molecule has 1 aromatic heterocycles. The normalized spacial score (nSPS) is 11.9. The molecule has 1 heterocycles. The van der Waals surface area contributed by atoms with Crippen molar-refractivity contribution in [1.29, 1.82) is 0 Å². The minimum absolute atomic E-state index is 0.131. The van der Waals surface area contributed by atoms with E-state index in [0.717, 1.165) is 30.2 Å². The van der Waals surface area contributed by atoms with Gasteiger partial charge in [-0.05, 0) is 48.8 Å². The molecule has 0 saturated carbocycles. The monoisotopic (exact) mass is 457 g/mol. The summed E-state index contributed by atoms with van der Waals surface area (Å²) in [5.41, 5.74) is 2.98. The van der Waals surface area contributed by atoms with Crippen molar-refractivity contribution in [2.75, 3.05) is 0 Å². The third kappa shape index (κ3) is 4.99. The van der Waals surface area contributed by atoms with E-state index < -0.39 is 10.0 Å². The highest BCUT2D eigenvalue weighted by atomic mass is 32.2. The van der Waals surface area contributed by atoms with Crippen molar-refractivity contribution in [2.24, 2.45) is 0 Å². The lowest BCUT2D eigenvalue weighted by Gasteiger charge is -2.08. The highest BCUT2D eigenvalue weighted by molar-refractivity contribution is 7.90. The van der Waals surface area contributed by atoms with E-state index in [0.29, 0.717) is 16.6 Å². The number of allylic oxidation sites excluding steroid dienone is 1. The summed E-state index contributed by atoms with van der Waals surface area (Å²) < 4.78 is 28.2. The number of carbonyl (C=O) groups excluding carboxylic acids is 1. The standard InChI is InChI=1S/C28H27NO3S/c1-2-3-5-10-22-15-18-25(19-16-22)33(31,32)29-21-24(26-13-8-9-14-27(26)29)17-20-28(30)23-11-6-4-7-12-23/h4,6-9,11-21H,2-3,5,10H2,1H3/b20-17+. The van der Waals surface area contributed by atoms with Gasteiger partial charge in [-0.1, -0.05) is 80.4 Å². The molecule has 3 aromatic carbocycles. The van der Waals surface area contributed by atoms with Crippen LogP contribution in [0.3, 0.4) is 0 Å². The lowest BCUT2D eigenvalue weighted by atomic mass is 10.1. The number of aryl methyl sites for hydroxylation is 1. The van der Waals surface area contributed by atoms with E-state index in [1.54, 1.807) is 42.6 Å². The summed E-state index contributed by atoms with van der Waals surface area (Å²) in [5.74, 6) is -0.131. The second kappa shape index (κ2) is 10.0. The second-order valence-electron chi connectivity index (χ2n) is 8.07. The second-order valence-corrected chi connectivity index (χ2v) is 9.88. The number of carbonyl (C=O) groups is 1. The van der Waals surface area contributed by atoms with Crippen molar-refractivity contribution in [3.63, 3.8) is 0 Å². The number of ketones is 1. The molecule has 0 saturated heterocycles. The molecular formula is C28H27NO3S. The zero-order valence-electron chi connectivity index (χ0n) is 18.6. The third-order valence-corrected chi connectivity index (χ3v) is 7.42. The molecule has 4 aromatic rings. The van der Waals surface area contributed by atoms with E-state index in [-0.39, 0.29) is 10.7 Å². The van der Waals surface area contributed by atoms with Crippen molar-refractivity contribution in [2.45, 2.75) is 37.5 Å². The lowest BCUT2D eigenvalue weighted by Crippen LogP contribution is -2.11.